The van der Waals surface area contributed by atoms with Crippen LogP contribution < -0.4 is 0 Å². The van der Waals surface area contributed by atoms with Crippen molar-refractivity contribution in [3.63, 3.8) is 0 Å². The lowest BCUT2D eigenvalue weighted by atomic mass is 10.2. The van der Waals surface area contributed by atoms with Crippen molar-refractivity contribution < 1.29 is 14.7 Å². The van der Waals surface area contributed by atoms with Gasteiger partial charge in [0, 0.05) is 23.7 Å². The number of benzene rings is 1. The lowest BCUT2D eigenvalue weighted by Gasteiger charge is -2.15. The first-order valence-corrected chi connectivity index (χ1v) is 9.24. The molecule has 6 heteroatoms. The van der Waals surface area contributed by atoms with Gasteiger partial charge in [-0.05, 0) is 36.6 Å². The molecule has 1 N–H and O–H groups in total. The molecular weight excluding hydrogens is 330 g/mol. The van der Waals surface area contributed by atoms with Crippen LogP contribution in [0.3, 0.4) is 0 Å². The molecule has 0 aliphatic carbocycles. The van der Waals surface area contributed by atoms with Gasteiger partial charge in [-0.15, -0.1) is 23.1 Å². The Bertz CT molecular complexity index is 699. The van der Waals surface area contributed by atoms with E-state index in [9.17, 15) is 9.59 Å². The van der Waals surface area contributed by atoms with Crippen molar-refractivity contribution in [2.24, 2.45) is 5.92 Å². The van der Waals surface area contributed by atoms with Crippen molar-refractivity contribution in [1.29, 1.82) is 0 Å². The summed E-state index contributed by atoms with van der Waals surface area (Å²) < 4.78 is 0. The minimum Gasteiger partial charge on any atom is -0.477 e. The van der Waals surface area contributed by atoms with Gasteiger partial charge in [-0.25, -0.2) is 4.79 Å². The van der Waals surface area contributed by atoms with E-state index in [0.29, 0.717) is 10.8 Å². The van der Waals surface area contributed by atoms with E-state index in [4.69, 9.17) is 5.11 Å². The number of thiophene rings is 1. The average molecular weight is 347 g/mol. The van der Waals surface area contributed by atoms with Gasteiger partial charge in [0.2, 0.25) is 0 Å². The van der Waals surface area contributed by atoms with Gasteiger partial charge in [0.15, 0.2) is 0 Å². The number of carbonyl (C=O) groups is 2. The Hall–Kier alpha value is -1.79. The number of likely N-dealkylation sites (tertiary alicyclic amines) is 1. The molecule has 1 saturated heterocycles. The van der Waals surface area contributed by atoms with E-state index in [1.165, 1.54) is 11.0 Å². The van der Waals surface area contributed by atoms with Crippen molar-refractivity contribution in [3.05, 3.63) is 52.2 Å². The van der Waals surface area contributed by atoms with E-state index < -0.39 is 5.97 Å². The normalized spacial score (nSPS) is 17.4. The quantitative estimate of drug-likeness (QED) is 0.838. The second-order valence-corrected chi connectivity index (χ2v) is 7.68. The topological polar surface area (TPSA) is 57.6 Å². The highest BCUT2D eigenvalue weighted by molar-refractivity contribution is 7.99. The number of hydrogen-bond donors (Lipinski definition) is 1. The van der Waals surface area contributed by atoms with Gasteiger partial charge in [-0.1, -0.05) is 18.2 Å². The maximum absolute atomic E-state index is 12.4. The van der Waals surface area contributed by atoms with Crippen molar-refractivity contribution >= 4 is 35.0 Å². The van der Waals surface area contributed by atoms with Gasteiger partial charge in [0.05, 0.1) is 4.88 Å². The Morgan fingerprint density at radius 1 is 1.17 bits per heavy atom. The van der Waals surface area contributed by atoms with Crippen LogP contribution in [0.1, 0.15) is 25.8 Å². The zero-order valence-electron chi connectivity index (χ0n) is 12.5. The molecule has 4 nitrogen and oxygen atoms in total. The Balaban J connectivity index is 1.54. The summed E-state index contributed by atoms with van der Waals surface area (Å²) in [4.78, 5) is 27.2. The molecule has 1 unspecified atom stereocenters. The summed E-state index contributed by atoms with van der Waals surface area (Å²) in [6, 6.07) is 13.4. The maximum atomic E-state index is 12.4. The SMILES string of the molecule is O=C(O)c1ccc(C(=O)N2CCC(CSc3ccccc3)C2)s1. The van der Waals surface area contributed by atoms with Crippen LogP contribution in [-0.2, 0) is 0 Å². The van der Waals surface area contributed by atoms with Gasteiger partial charge >= 0.3 is 5.97 Å². The molecule has 120 valence electrons. The fraction of sp³-hybridized carbons (Fsp3) is 0.294. The molecule has 1 aliphatic rings. The fourth-order valence-corrected chi connectivity index (χ4v) is 4.47. The molecule has 1 aliphatic heterocycles. The highest BCUT2D eigenvalue weighted by Crippen LogP contribution is 2.27. The molecule has 2 heterocycles. The zero-order chi connectivity index (χ0) is 16.2. The Morgan fingerprint density at radius 2 is 1.91 bits per heavy atom. The molecule has 2 aromatic rings. The van der Waals surface area contributed by atoms with E-state index in [1.807, 2.05) is 34.9 Å². The van der Waals surface area contributed by atoms with Crippen molar-refractivity contribution in [2.75, 3.05) is 18.8 Å². The minimum atomic E-state index is -0.979. The number of amides is 1. The number of hydrogen-bond acceptors (Lipinski definition) is 4. The molecule has 1 aromatic heterocycles. The number of carboxylic acid groups (broad SMARTS) is 1. The number of aromatic carboxylic acids is 1. The number of thioether (sulfide) groups is 1. The van der Waals surface area contributed by atoms with Gasteiger partial charge in [-0.3, -0.25) is 4.79 Å². The molecule has 23 heavy (non-hydrogen) atoms. The van der Waals surface area contributed by atoms with Gasteiger partial charge in [0.1, 0.15) is 4.88 Å². The van der Waals surface area contributed by atoms with E-state index in [1.54, 1.807) is 6.07 Å². The molecule has 0 radical (unpaired) electrons. The van der Waals surface area contributed by atoms with Gasteiger partial charge < -0.3 is 10.0 Å². The molecule has 1 fully saturated rings. The third-order valence-electron chi connectivity index (χ3n) is 3.83. The van der Waals surface area contributed by atoms with Crippen LogP contribution in [0.2, 0.25) is 0 Å². The standard InChI is InChI=1S/C17H17NO3S2/c19-16(14-6-7-15(23-14)17(20)21)18-9-8-12(10-18)11-22-13-4-2-1-3-5-13/h1-7,12H,8-11H2,(H,20,21). The lowest BCUT2D eigenvalue weighted by molar-refractivity contribution is 0.0701. The lowest BCUT2D eigenvalue weighted by Crippen LogP contribution is -2.28. The summed E-state index contributed by atoms with van der Waals surface area (Å²) in [5, 5.41) is 8.95. The van der Waals surface area contributed by atoms with Gasteiger partial charge in [0.25, 0.3) is 5.91 Å². The fourth-order valence-electron chi connectivity index (χ4n) is 2.61. The molecular formula is C17H17NO3S2. The van der Waals surface area contributed by atoms with E-state index in [0.717, 1.165) is 36.6 Å². The smallest absolute Gasteiger partial charge is 0.345 e. The first-order valence-electron chi connectivity index (χ1n) is 7.44. The second kappa shape index (κ2) is 7.19. The first kappa shape index (κ1) is 16.1. The largest absolute Gasteiger partial charge is 0.477 e. The number of carbonyl (C=O) groups excluding carboxylic acids is 1. The van der Waals surface area contributed by atoms with Crippen LogP contribution in [0.5, 0.6) is 0 Å². The second-order valence-electron chi connectivity index (χ2n) is 5.50. The summed E-state index contributed by atoms with van der Waals surface area (Å²) in [6.07, 6.45) is 1.00. The molecule has 1 atom stereocenters. The predicted octanol–water partition coefficient (Wildman–Crippen LogP) is 3.70. The molecule has 0 saturated carbocycles. The number of nitrogens with zero attached hydrogens (tertiary/aromatic N) is 1. The summed E-state index contributed by atoms with van der Waals surface area (Å²) >= 11 is 2.87. The third-order valence-corrected chi connectivity index (χ3v) is 6.13. The van der Waals surface area contributed by atoms with Crippen LogP contribution >= 0.6 is 23.1 Å². The van der Waals surface area contributed by atoms with Crippen molar-refractivity contribution in [3.8, 4) is 0 Å². The van der Waals surface area contributed by atoms with Crippen LogP contribution in [-0.4, -0.2) is 40.7 Å². The van der Waals surface area contributed by atoms with Crippen molar-refractivity contribution in [1.82, 2.24) is 4.90 Å². The molecule has 0 spiro atoms. The zero-order valence-corrected chi connectivity index (χ0v) is 14.1. The Kier molecular flexibility index (Phi) is 5.03. The Morgan fingerprint density at radius 3 is 2.61 bits per heavy atom. The van der Waals surface area contributed by atoms with Crippen LogP contribution in [0.15, 0.2) is 47.4 Å². The summed E-state index contributed by atoms with van der Waals surface area (Å²) in [7, 11) is 0. The molecule has 3 rings (SSSR count). The number of rotatable bonds is 5. The predicted molar refractivity (Wildman–Crippen MR) is 92.5 cm³/mol. The number of carboxylic acids is 1. The third kappa shape index (κ3) is 3.95. The summed E-state index contributed by atoms with van der Waals surface area (Å²) in [5.74, 6) is 0.462. The van der Waals surface area contributed by atoms with Crippen LogP contribution in [0.25, 0.3) is 0 Å². The summed E-state index contributed by atoms with van der Waals surface area (Å²) in [6.45, 7) is 1.50. The van der Waals surface area contributed by atoms with E-state index in [-0.39, 0.29) is 10.8 Å². The van der Waals surface area contributed by atoms with E-state index in [2.05, 4.69) is 12.1 Å². The highest BCUT2D eigenvalue weighted by atomic mass is 32.2. The van der Waals surface area contributed by atoms with Crippen LogP contribution in [0, 0.1) is 5.92 Å². The summed E-state index contributed by atoms with van der Waals surface area (Å²) in [5.41, 5.74) is 0. The maximum Gasteiger partial charge on any atom is 0.345 e. The average Bonchev–Trinajstić information content (AvgIpc) is 3.23. The molecule has 1 aromatic carbocycles. The minimum absolute atomic E-state index is 0.0466. The molecule has 1 amide bonds. The highest BCUT2D eigenvalue weighted by Gasteiger charge is 2.28. The van der Waals surface area contributed by atoms with E-state index >= 15 is 0 Å². The van der Waals surface area contributed by atoms with Crippen LogP contribution in [0.4, 0.5) is 0 Å². The first-order chi connectivity index (χ1) is 11.1. The Labute approximate surface area is 143 Å². The monoisotopic (exact) mass is 347 g/mol. The van der Waals surface area contributed by atoms with Gasteiger partial charge in [-0.2, -0.15) is 0 Å². The molecule has 0 bridgehead atoms. The van der Waals surface area contributed by atoms with Crippen molar-refractivity contribution in [2.45, 2.75) is 11.3 Å².